The Morgan fingerprint density at radius 3 is 2.21 bits per heavy atom. The van der Waals surface area contributed by atoms with Gasteiger partial charge in [-0.05, 0) is 90.6 Å². The van der Waals surface area contributed by atoms with Gasteiger partial charge in [0.2, 0.25) is 5.91 Å². The van der Waals surface area contributed by atoms with E-state index in [4.69, 9.17) is 10.5 Å². The average Bonchev–Trinajstić information content (AvgIpc) is 2.99. The maximum Gasteiger partial charge on any atom is 0.453 e. The average molecular weight is 541 g/mol. The van der Waals surface area contributed by atoms with E-state index in [1.165, 1.54) is 0 Å². The van der Waals surface area contributed by atoms with Gasteiger partial charge < -0.3 is 15.4 Å². The third kappa shape index (κ3) is 6.77. The Morgan fingerprint density at radius 2 is 1.66 bits per heavy atom. The van der Waals surface area contributed by atoms with Crippen molar-refractivity contribution in [2.24, 2.45) is 11.1 Å². The summed E-state index contributed by atoms with van der Waals surface area (Å²) in [6, 6.07) is 9.70. The van der Waals surface area contributed by atoms with Crippen molar-refractivity contribution in [2.45, 2.75) is 84.9 Å². The van der Waals surface area contributed by atoms with Crippen LogP contribution in [0.1, 0.15) is 73.8 Å². The van der Waals surface area contributed by atoms with Gasteiger partial charge in [-0.1, -0.05) is 26.8 Å². The number of rotatable bonds is 8. The van der Waals surface area contributed by atoms with Crippen molar-refractivity contribution >= 4 is 11.6 Å². The summed E-state index contributed by atoms with van der Waals surface area (Å²) in [7, 11) is 0. The summed E-state index contributed by atoms with van der Waals surface area (Å²) in [5.41, 5.74) is 11.7. The summed E-state index contributed by atoms with van der Waals surface area (Å²) in [5, 5.41) is 0. The van der Waals surface area contributed by atoms with Crippen LogP contribution in [0.5, 0.6) is 5.75 Å². The molecule has 1 amide bonds. The third-order valence-corrected chi connectivity index (χ3v) is 7.11. The zero-order chi connectivity index (χ0) is 28.5. The van der Waals surface area contributed by atoms with E-state index in [1.54, 1.807) is 6.07 Å². The summed E-state index contributed by atoms with van der Waals surface area (Å²) in [5.74, 6) is -4.99. The normalized spacial score (nSPS) is 15.6. The van der Waals surface area contributed by atoms with Gasteiger partial charge in [0, 0.05) is 25.2 Å². The number of nitrogens with two attached hydrogens (primary N) is 1. The standard InChI is InChI=1S/C29H37F5N2O2/c1-18-14-22(15-19(2)24(18)25(26(35)37)27(3,4)5)36-12-6-8-20-16-23(10-9-21(20)17-36)38-13-7-11-28(30,31)29(32,33)34/h9-10,14-16,25H,6-8,11-13,17H2,1-5H3,(H2,35,37). The lowest BCUT2D eigenvalue weighted by molar-refractivity contribution is -0.284. The van der Waals surface area contributed by atoms with Crippen molar-refractivity contribution in [3.63, 3.8) is 0 Å². The number of primary amides is 1. The molecule has 1 aliphatic heterocycles. The Labute approximate surface area is 221 Å². The molecule has 1 unspecified atom stereocenters. The number of alkyl halides is 5. The topological polar surface area (TPSA) is 55.6 Å². The van der Waals surface area contributed by atoms with Crippen LogP contribution in [0.4, 0.5) is 27.6 Å². The molecule has 2 N–H and O–H groups in total. The second-order valence-corrected chi connectivity index (χ2v) is 11.3. The van der Waals surface area contributed by atoms with Crippen LogP contribution in [0, 0.1) is 19.3 Å². The van der Waals surface area contributed by atoms with E-state index >= 15 is 0 Å². The lowest BCUT2D eigenvalue weighted by atomic mass is 9.73. The van der Waals surface area contributed by atoms with Crippen molar-refractivity contribution in [3.05, 3.63) is 58.1 Å². The van der Waals surface area contributed by atoms with E-state index in [0.717, 1.165) is 52.9 Å². The van der Waals surface area contributed by atoms with Crippen molar-refractivity contribution in [1.29, 1.82) is 0 Å². The molecule has 0 bridgehead atoms. The number of amides is 1. The number of carbonyl (C=O) groups is 1. The van der Waals surface area contributed by atoms with E-state index in [2.05, 4.69) is 17.0 Å². The second-order valence-electron chi connectivity index (χ2n) is 11.3. The van der Waals surface area contributed by atoms with Crippen molar-refractivity contribution in [3.8, 4) is 5.75 Å². The number of halogens is 5. The van der Waals surface area contributed by atoms with Crippen molar-refractivity contribution in [1.82, 2.24) is 0 Å². The fourth-order valence-corrected chi connectivity index (χ4v) is 5.26. The van der Waals surface area contributed by atoms with E-state index in [0.29, 0.717) is 12.3 Å². The van der Waals surface area contributed by atoms with Gasteiger partial charge >= 0.3 is 12.1 Å². The van der Waals surface area contributed by atoms with Crippen LogP contribution >= 0.6 is 0 Å². The number of hydrogen-bond donors (Lipinski definition) is 1. The minimum absolute atomic E-state index is 0.220. The first-order valence-corrected chi connectivity index (χ1v) is 12.9. The van der Waals surface area contributed by atoms with E-state index in [9.17, 15) is 26.7 Å². The molecule has 0 aromatic heterocycles. The molecule has 0 saturated carbocycles. The van der Waals surface area contributed by atoms with Crippen LogP contribution in [0.15, 0.2) is 30.3 Å². The fraction of sp³-hybridized carbons (Fsp3) is 0.552. The molecule has 0 radical (unpaired) electrons. The molecular formula is C29H37F5N2O2. The molecule has 0 fully saturated rings. The Hall–Kier alpha value is -2.84. The predicted octanol–water partition coefficient (Wildman–Crippen LogP) is 7.23. The van der Waals surface area contributed by atoms with Gasteiger partial charge in [0.25, 0.3) is 0 Å². The van der Waals surface area contributed by atoms with Crippen molar-refractivity contribution in [2.75, 3.05) is 18.1 Å². The van der Waals surface area contributed by atoms with Crippen LogP contribution in [-0.2, 0) is 17.8 Å². The van der Waals surface area contributed by atoms with Crippen LogP contribution < -0.4 is 15.4 Å². The van der Waals surface area contributed by atoms with Gasteiger partial charge in [0.1, 0.15) is 5.75 Å². The number of aryl methyl sites for hydroxylation is 3. The Morgan fingerprint density at radius 1 is 1.03 bits per heavy atom. The maximum atomic E-state index is 13.1. The molecule has 210 valence electrons. The minimum atomic E-state index is -5.55. The van der Waals surface area contributed by atoms with Gasteiger partial charge in [0.05, 0.1) is 12.5 Å². The highest BCUT2D eigenvalue weighted by molar-refractivity contribution is 5.84. The SMILES string of the molecule is Cc1cc(N2CCCc3cc(OCCCC(F)(F)C(F)(F)F)ccc3C2)cc(C)c1C(C(N)=O)C(C)(C)C. The first-order chi connectivity index (χ1) is 17.5. The Bertz CT molecular complexity index is 1130. The zero-order valence-electron chi connectivity index (χ0n) is 22.6. The first kappa shape index (κ1) is 29.7. The van der Waals surface area contributed by atoms with Crippen LogP contribution in [0.3, 0.4) is 0 Å². The highest BCUT2D eigenvalue weighted by atomic mass is 19.4. The van der Waals surface area contributed by atoms with Crippen LogP contribution in [0.25, 0.3) is 0 Å². The van der Waals surface area contributed by atoms with E-state index < -0.39 is 30.9 Å². The molecule has 38 heavy (non-hydrogen) atoms. The molecule has 0 spiro atoms. The molecule has 0 aliphatic carbocycles. The Balaban J connectivity index is 1.73. The molecule has 1 aliphatic rings. The molecule has 1 atom stereocenters. The summed E-state index contributed by atoms with van der Waals surface area (Å²) in [4.78, 5) is 14.6. The van der Waals surface area contributed by atoms with Gasteiger partial charge in [0.15, 0.2) is 0 Å². The molecule has 3 rings (SSSR count). The van der Waals surface area contributed by atoms with E-state index in [1.807, 2.05) is 46.8 Å². The highest BCUT2D eigenvalue weighted by Gasteiger charge is 2.56. The largest absolute Gasteiger partial charge is 0.494 e. The second kappa shape index (κ2) is 11.1. The lowest BCUT2D eigenvalue weighted by Crippen LogP contribution is -2.36. The monoisotopic (exact) mass is 540 g/mol. The quantitative estimate of drug-likeness (QED) is 0.284. The van der Waals surface area contributed by atoms with Crippen molar-refractivity contribution < 1.29 is 31.5 Å². The third-order valence-electron chi connectivity index (χ3n) is 7.11. The summed E-state index contributed by atoms with van der Waals surface area (Å²) < 4.78 is 68.7. The molecule has 0 saturated heterocycles. The number of carbonyl (C=O) groups excluding carboxylic acids is 1. The minimum Gasteiger partial charge on any atom is -0.494 e. The lowest BCUT2D eigenvalue weighted by Gasteiger charge is -2.32. The van der Waals surface area contributed by atoms with Crippen LogP contribution in [0.2, 0.25) is 0 Å². The number of fused-ring (bicyclic) bond motifs is 1. The molecular weight excluding hydrogens is 503 g/mol. The summed E-state index contributed by atoms with van der Waals surface area (Å²) in [6.45, 7) is 11.3. The number of nitrogens with zero attached hydrogens (tertiary/aromatic N) is 1. The highest BCUT2D eigenvalue weighted by Crippen LogP contribution is 2.41. The van der Waals surface area contributed by atoms with Gasteiger partial charge in [-0.25, -0.2) is 0 Å². The fourth-order valence-electron chi connectivity index (χ4n) is 5.26. The first-order valence-electron chi connectivity index (χ1n) is 12.9. The maximum absolute atomic E-state index is 13.1. The smallest absolute Gasteiger partial charge is 0.453 e. The number of hydrogen-bond acceptors (Lipinski definition) is 3. The summed E-state index contributed by atoms with van der Waals surface area (Å²) in [6.07, 6.45) is -5.59. The molecule has 2 aromatic carbocycles. The Kier molecular flexibility index (Phi) is 8.68. The van der Waals surface area contributed by atoms with E-state index in [-0.39, 0.29) is 17.9 Å². The summed E-state index contributed by atoms with van der Waals surface area (Å²) >= 11 is 0. The zero-order valence-corrected chi connectivity index (χ0v) is 22.6. The number of benzene rings is 2. The molecule has 9 heteroatoms. The predicted molar refractivity (Wildman–Crippen MR) is 139 cm³/mol. The van der Waals surface area contributed by atoms with Gasteiger partial charge in [-0.15, -0.1) is 0 Å². The molecule has 2 aromatic rings. The van der Waals surface area contributed by atoms with Crippen LogP contribution in [-0.4, -0.2) is 31.2 Å². The number of ether oxygens (including phenoxy) is 1. The van der Waals surface area contributed by atoms with Gasteiger partial charge in [-0.3, -0.25) is 4.79 Å². The molecule has 1 heterocycles. The molecule has 4 nitrogen and oxygen atoms in total. The van der Waals surface area contributed by atoms with Gasteiger partial charge in [-0.2, -0.15) is 22.0 Å². The number of anilines is 1.